The predicted octanol–water partition coefficient (Wildman–Crippen LogP) is 3.50. The maximum Gasteiger partial charge on any atom is 0.268 e. The lowest BCUT2D eigenvalue weighted by molar-refractivity contribution is -0.125. The molecular formula is C19H19ClN2O5. The minimum Gasteiger partial charge on any atom is -0.493 e. The van der Waals surface area contributed by atoms with Crippen LogP contribution in [0.1, 0.15) is 12.0 Å². The van der Waals surface area contributed by atoms with Gasteiger partial charge in [-0.2, -0.15) is 0 Å². The molecule has 0 aromatic heterocycles. The van der Waals surface area contributed by atoms with Crippen molar-refractivity contribution < 1.29 is 23.8 Å². The average Bonchev–Trinajstić information content (AvgIpc) is 3.17. The Kier molecular flexibility index (Phi) is 5.71. The SMILES string of the molecule is COc1cc(NC(=O)[C@H]2CC(c3ccccc3Cl)=NO2)cc(OC)c1OC. The van der Waals surface area contributed by atoms with E-state index in [1.807, 2.05) is 18.2 Å². The van der Waals surface area contributed by atoms with E-state index in [1.54, 1.807) is 18.2 Å². The molecule has 0 saturated heterocycles. The lowest BCUT2D eigenvalue weighted by Gasteiger charge is -2.15. The van der Waals surface area contributed by atoms with E-state index in [0.29, 0.717) is 40.1 Å². The first kappa shape index (κ1) is 18.8. The van der Waals surface area contributed by atoms with Crippen LogP contribution in [-0.2, 0) is 9.63 Å². The van der Waals surface area contributed by atoms with Crippen LogP contribution in [-0.4, -0.2) is 39.1 Å². The highest BCUT2D eigenvalue weighted by Gasteiger charge is 2.30. The standard InChI is InChI=1S/C19H19ClN2O5/c1-24-15-8-11(9-16(25-2)18(15)26-3)21-19(23)17-10-14(22-27-17)12-6-4-5-7-13(12)20/h4-9,17H,10H2,1-3H3,(H,21,23)/t17-/m1/s1. The van der Waals surface area contributed by atoms with Gasteiger partial charge in [0.2, 0.25) is 11.9 Å². The number of anilines is 1. The van der Waals surface area contributed by atoms with Gasteiger partial charge in [0.1, 0.15) is 0 Å². The van der Waals surface area contributed by atoms with E-state index in [4.69, 9.17) is 30.6 Å². The monoisotopic (exact) mass is 390 g/mol. The Morgan fingerprint density at radius 2 is 1.81 bits per heavy atom. The van der Waals surface area contributed by atoms with Crippen molar-refractivity contribution in [1.29, 1.82) is 0 Å². The van der Waals surface area contributed by atoms with Crippen LogP contribution < -0.4 is 19.5 Å². The third-order valence-electron chi connectivity index (χ3n) is 4.08. The van der Waals surface area contributed by atoms with E-state index in [-0.39, 0.29) is 5.91 Å². The van der Waals surface area contributed by atoms with Crippen LogP contribution in [0.25, 0.3) is 0 Å². The molecule has 142 valence electrons. The molecule has 2 aromatic carbocycles. The highest BCUT2D eigenvalue weighted by molar-refractivity contribution is 6.34. The van der Waals surface area contributed by atoms with Gasteiger partial charge >= 0.3 is 0 Å². The van der Waals surface area contributed by atoms with Crippen molar-refractivity contribution in [1.82, 2.24) is 0 Å². The van der Waals surface area contributed by atoms with Gasteiger partial charge in [-0.25, -0.2) is 0 Å². The number of hydrogen-bond donors (Lipinski definition) is 1. The van der Waals surface area contributed by atoms with Crippen LogP contribution in [0.3, 0.4) is 0 Å². The molecule has 1 N–H and O–H groups in total. The van der Waals surface area contributed by atoms with Gasteiger partial charge in [0.25, 0.3) is 5.91 Å². The van der Waals surface area contributed by atoms with Crippen molar-refractivity contribution in [3.8, 4) is 17.2 Å². The summed E-state index contributed by atoms with van der Waals surface area (Å²) in [6.45, 7) is 0. The van der Waals surface area contributed by atoms with Gasteiger partial charge in [0, 0.05) is 34.8 Å². The maximum atomic E-state index is 12.6. The number of hydrogen-bond acceptors (Lipinski definition) is 6. The van der Waals surface area contributed by atoms with E-state index in [9.17, 15) is 4.79 Å². The zero-order valence-corrected chi connectivity index (χ0v) is 15.9. The molecule has 0 radical (unpaired) electrons. The number of methoxy groups -OCH3 is 3. The molecule has 7 nitrogen and oxygen atoms in total. The summed E-state index contributed by atoms with van der Waals surface area (Å²) >= 11 is 6.18. The van der Waals surface area contributed by atoms with E-state index >= 15 is 0 Å². The summed E-state index contributed by atoms with van der Waals surface area (Å²) in [6, 6.07) is 10.6. The van der Waals surface area contributed by atoms with E-state index in [0.717, 1.165) is 5.56 Å². The smallest absolute Gasteiger partial charge is 0.268 e. The molecule has 1 amide bonds. The molecule has 0 saturated carbocycles. The molecule has 1 aliphatic rings. The summed E-state index contributed by atoms with van der Waals surface area (Å²) < 4.78 is 15.9. The number of nitrogens with zero attached hydrogens (tertiary/aromatic N) is 1. The molecule has 0 unspecified atom stereocenters. The lowest BCUT2D eigenvalue weighted by atomic mass is 10.0. The third kappa shape index (κ3) is 3.93. The number of halogens is 1. The minimum atomic E-state index is -0.754. The number of oxime groups is 1. The molecule has 27 heavy (non-hydrogen) atoms. The number of nitrogens with one attached hydrogen (secondary N) is 1. The van der Waals surface area contributed by atoms with Gasteiger partial charge in [0.15, 0.2) is 11.5 Å². The van der Waals surface area contributed by atoms with Crippen LogP contribution in [0.5, 0.6) is 17.2 Å². The first-order valence-corrected chi connectivity index (χ1v) is 8.53. The molecule has 0 fully saturated rings. The fraction of sp³-hybridized carbons (Fsp3) is 0.263. The largest absolute Gasteiger partial charge is 0.493 e. The van der Waals surface area contributed by atoms with Gasteiger partial charge < -0.3 is 24.4 Å². The van der Waals surface area contributed by atoms with Crippen LogP contribution >= 0.6 is 11.6 Å². The fourth-order valence-corrected chi connectivity index (χ4v) is 2.99. The van der Waals surface area contributed by atoms with Crippen molar-refractivity contribution in [2.24, 2.45) is 5.16 Å². The Hall–Kier alpha value is -2.93. The van der Waals surface area contributed by atoms with Gasteiger partial charge in [-0.05, 0) is 6.07 Å². The molecule has 1 aliphatic heterocycles. The Bertz CT molecular complexity index is 859. The molecule has 2 aromatic rings. The summed E-state index contributed by atoms with van der Waals surface area (Å²) in [5.74, 6) is 0.981. The Morgan fingerprint density at radius 3 is 2.41 bits per heavy atom. The molecular weight excluding hydrogens is 372 g/mol. The zero-order valence-electron chi connectivity index (χ0n) is 15.1. The first-order valence-electron chi connectivity index (χ1n) is 8.15. The van der Waals surface area contributed by atoms with Crippen molar-refractivity contribution in [3.05, 3.63) is 47.0 Å². The molecule has 8 heteroatoms. The number of ether oxygens (including phenoxy) is 3. The van der Waals surface area contributed by atoms with E-state index < -0.39 is 6.10 Å². The topological polar surface area (TPSA) is 78.4 Å². The zero-order chi connectivity index (χ0) is 19.4. The second-order valence-electron chi connectivity index (χ2n) is 5.72. The molecule has 3 rings (SSSR count). The number of carbonyl (C=O) groups is 1. The van der Waals surface area contributed by atoms with Crippen LogP contribution in [0, 0.1) is 0 Å². The molecule has 1 atom stereocenters. The molecule has 0 bridgehead atoms. The second kappa shape index (κ2) is 8.18. The fourth-order valence-electron chi connectivity index (χ4n) is 2.75. The number of benzene rings is 2. The van der Waals surface area contributed by atoms with Gasteiger partial charge in [-0.3, -0.25) is 4.79 Å². The molecule has 0 aliphatic carbocycles. The Balaban J connectivity index is 1.73. The van der Waals surface area contributed by atoms with Gasteiger partial charge in [0.05, 0.1) is 27.0 Å². The minimum absolute atomic E-state index is 0.319. The van der Waals surface area contributed by atoms with Gasteiger partial charge in [-0.1, -0.05) is 35.0 Å². The van der Waals surface area contributed by atoms with Crippen molar-refractivity contribution in [3.63, 3.8) is 0 Å². The number of amides is 1. The quantitative estimate of drug-likeness (QED) is 0.816. The number of carbonyl (C=O) groups excluding carboxylic acids is 1. The average molecular weight is 391 g/mol. The van der Waals surface area contributed by atoms with Crippen molar-refractivity contribution >= 4 is 28.9 Å². The summed E-state index contributed by atoms with van der Waals surface area (Å²) in [4.78, 5) is 17.9. The Morgan fingerprint density at radius 1 is 1.15 bits per heavy atom. The normalized spacial score (nSPS) is 15.6. The second-order valence-corrected chi connectivity index (χ2v) is 6.13. The van der Waals surface area contributed by atoms with E-state index in [1.165, 1.54) is 21.3 Å². The van der Waals surface area contributed by atoms with Crippen molar-refractivity contribution in [2.45, 2.75) is 12.5 Å². The van der Waals surface area contributed by atoms with Crippen LogP contribution in [0.4, 0.5) is 5.69 Å². The van der Waals surface area contributed by atoms with Gasteiger partial charge in [-0.15, -0.1) is 0 Å². The number of rotatable bonds is 6. The predicted molar refractivity (Wildman–Crippen MR) is 102 cm³/mol. The Labute approximate surface area is 161 Å². The summed E-state index contributed by atoms with van der Waals surface area (Å²) in [5, 5.41) is 7.35. The molecule has 1 heterocycles. The molecule has 0 spiro atoms. The van der Waals surface area contributed by atoms with Crippen LogP contribution in [0.15, 0.2) is 41.6 Å². The summed E-state index contributed by atoms with van der Waals surface area (Å²) in [5.41, 5.74) is 1.87. The highest BCUT2D eigenvalue weighted by atomic mass is 35.5. The summed E-state index contributed by atoms with van der Waals surface area (Å²) in [6.07, 6.45) is -0.435. The first-order chi connectivity index (χ1) is 13.1. The van der Waals surface area contributed by atoms with E-state index in [2.05, 4.69) is 10.5 Å². The van der Waals surface area contributed by atoms with Crippen molar-refractivity contribution in [2.75, 3.05) is 26.6 Å². The lowest BCUT2D eigenvalue weighted by Crippen LogP contribution is -2.28. The van der Waals surface area contributed by atoms with Crippen LogP contribution in [0.2, 0.25) is 5.02 Å². The third-order valence-corrected chi connectivity index (χ3v) is 4.41. The summed E-state index contributed by atoms with van der Waals surface area (Å²) in [7, 11) is 4.53. The highest BCUT2D eigenvalue weighted by Crippen LogP contribution is 2.40. The maximum absolute atomic E-state index is 12.6.